The maximum Gasteiger partial charge on any atom is 0.280 e. The van der Waals surface area contributed by atoms with Crippen molar-refractivity contribution in [1.29, 1.82) is 0 Å². The molecule has 7 heteroatoms. The van der Waals surface area contributed by atoms with Gasteiger partial charge in [-0.05, 0) is 23.8 Å². The second kappa shape index (κ2) is 8.65. The Kier molecular flexibility index (Phi) is 5.77. The third-order valence-electron chi connectivity index (χ3n) is 4.76. The fourth-order valence-corrected chi connectivity index (χ4v) is 3.64. The lowest BCUT2D eigenvalue weighted by Gasteiger charge is -2.16. The molecule has 0 radical (unpaired) electrons. The van der Waals surface area contributed by atoms with Crippen molar-refractivity contribution in [1.82, 2.24) is 9.78 Å². The van der Waals surface area contributed by atoms with E-state index in [1.165, 1.54) is 19.2 Å². The Labute approximate surface area is 186 Å². The third-order valence-corrected chi connectivity index (χ3v) is 5.25. The number of rotatable bonds is 4. The molecular formula is C24H17BrFN3O2. The van der Waals surface area contributed by atoms with Crippen LogP contribution in [0.2, 0.25) is 0 Å². The van der Waals surface area contributed by atoms with Crippen LogP contribution in [0.1, 0.15) is 10.4 Å². The number of nitrogens with zero attached hydrogens (tertiary/aromatic N) is 2. The Hall–Kier alpha value is -3.58. The van der Waals surface area contributed by atoms with Crippen molar-refractivity contribution < 1.29 is 9.18 Å². The van der Waals surface area contributed by atoms with Gasteiger partial charge in [-0.15, -0.1) is 0 Å². The molecule has 0 atom stereocenters. The molecule has 1 heterocycles. The standard InChI is InChI=1S/C24H17BrFN3O2/c1-29-24(31)21(23(30)27-19-13-12-17(25)14-18(19)26)20(15-8-4-2-5-9-15)22(28-29)16-10-6-3-7-11-16/h2-14H,1H3,(H,27,30). The number of amides is 1. The molecule has 31 heavy (non-hydrogen) atoms. The molecule has 5 nitrogen and oxygen atoms in total. The summed E-state index contributed by atoms with van der Waals surface area (Å²) in [7, 11) is 1.49. The second-order valence-corrected chi connectivity index (χ2v) is 7.75. The fraction of sp³-hybridized carbons (Fsp3) is 0.0417. The van der Waals surface area contributed by atoms with Crippen LogP contribution in [0.25, 0.3) is 22.4 Å². The van der Waals surface area contributed by atoms with Crippen LogP contribution in [0.3, 0.4) is 0 Å². The van der Waals surface area contributed by atoms with Gasteiger partial charge >= 0.3 is 0 Å². The number of carbonyl (C=O) groups excluding carboxylic acids is 1. The molecule has 0 aliphatic heterocycles. The summed E-state index contributed by atoms with van der Waals surface area (Å²) in [6.45, 7) is 0. The Morgan fingerprint density at radius 1 is 0.968 bits per heavy atom. The molecule has 0 fully saturated rings. The van der Waals surface area contributed by atoms with Gasteiger partial charge in [-0.1, -0.05) is 76.6 Å². The number of nitrogens with one attached hydrogen (secondary N) is 1. The number of hydrogen-bond donors (Lipinski definition) is 1. The van der Waals surface area contributed by atoms with Crippen molar-refractivity contribution in [2.45, 2.75) is 0 Å². The molecule has 4 rings (SSSR count). The summed E-state index contributed by atoms with van der Waals surface area (Å²) >= 11 is 3.19. The zero-order valence-electron chi connectivity index (χ0n) is 16.5. The summed E-state index contributed by atoms with van der Waals surface area (Å²) in [5.74, 6) is -1.32. The Balaban J connectivity index is 1.95. The Bertz CT molecular complexity index is 1320. The highest BCUT2D eigenvalue weighted by Crippen LogP contribution is 2.32. The van der Waals surface area contributed by atoms with Crippen molar-refractivity contribution in [2.24, 2.45) is 7.05 Å². The normalized spacial score (nSPS) is 10.7. The van der Waals surface area contributed by atoms with Gasteiger partial charge in [0.25, 0.3) is 11.5 Å². The average molecular weight is 478 g/mol. The first-order chi connectivity index (χ1) is 15.0. The number of halogens is 2. The van der Waals surface area contributed by atoms with Gasteiger partial charge in [-0.2, -0.15) is 5.10 Å². The van der Waals surface area contributed by atoms with Crippen LogP contribution in [-0.4, -0.2) is 15.7 Å². The molecule has 4 aromatic rings. The first kappa shape index (κ1) is 20.7. The predicted molar refractivity (Wildman–Crippen MR) is 122 cm³/mol. The molecule has 154 valence electrons. The molecule has 3 aromatic carbocycles. The molecule has 1 aromatic heterocycles. The maximum absolute atomic E-state index is 14.3. The lowest BCUT2D eigenvalue weighted by Crippen LogP contribution is -2.31. The zero-order chi connectivity index (χ0) is 22.0. The molecule has 1 amide bonds. The summed E-state index contributed by atoms with van der Waals surface area (Å²) < 4.78 is 16.0. The molecule has 0 spiro atoms. The van der Waals surface area contributed by atoms with Gasteiger partial charge in [-0.3, -0.25) is 9.59 Å². The molecule has 0 saturated heterocycles. The number of carbonyl (C=O) groups is 1. The van der Waals surface area contributed by atoms with E-state index in [-0.39, 0.29) is 11.3 Å². The monoisotopic (exact) mass is 477 g/mol. The van der Waals surface area contributed by atoms with Crippen molar-refractivity contribution in [3.05, 3.63) is 105 Å². The van der Waals surface area contributed by atoms with Crippen LogP contribution in [-0.2, 0) is 7.05 Å². The minimum atomic E-state index is -0.708. The van der Waals surface area contributed by atoms with E-state index < -0.39 is 17.3 Å². The van der Waals surface area contributed by atoms with Crippen LogP contribution < -0.4 is 10.9 Å². The van der Waals surface area contributed by atoms with E-state index in [1.54, 1.807) is 18.2 Å². The SMILES string of the molecule is Cn1nc(-c2ccccc2)c(-c2ccccc2)c(C(=O)Nc2ccc(Br)cc2F)c1=O. The number of anilines is 1. The molecule has 0 aliphatic carbocycles. The van der Waals surface area contributed by atoms with Gasteiger partial charge in [0.2, 0.25) is 0 Å². The summed E-state index contributed by atoms with van der Waals surface area (Å²) in [5.41, 5.74) is 1.58. The van der Waals surface area contributed by atoms with Crippen LogP contribution in [0.5, 0.6) is 0 Å². The van der Waals surface area contributed by atoms with Gasteiger partial charge in [0.15, 0.2) is 0 Å². The largest absolute Gasteiger partial charge is 0.319 e. The first-order valence-corrected chi connectivity index (χ1v) is 10.2. The summed E-state index contributed by atoms with van der Waals surface area (Å²) in [6.07, 6.45) is 0. The van der Waals surface area contributed by atoms with Gasteiger partial charge in [0.05, 0.1) is 11.4 Å². The molecule has 0 unspecified atom stereocenters. The molecule has 0 saturated carbocycles. The molecule has 1 N–H and O–H groups in total. The average Bonchev–Trinajstić information content (AvgIpc) is 2.78. The second-order valence-electron chi connectivity index (χ2n) is 6.84. The van der Waals surface area contributed by atoms with Crippen LogP contribution in [0.15, 0.2) is 88.1 Å². The van der Waals surface area contributed by atoms with Gasteiger partial charge in [0, 0.05) is 22.6 Å². The predicted octanol–water partition coefficient (Wildman–Crippen LogP) is 5.27. The van der Waals surface area contributed by atoms with Gasteiger partial charge < -0.3 is 5.32 Å². The van der Waals surface area contributed by atoms with E-state index in [1.807, 2.05) is 48.5 Å². The van der Waals surface area contributed by atoms with Gasteiger partial charge in [-0.25, -0.2) is 9.07 Å². The minimum absolute atomic E-state index is 0.0210. The Morgan fingerprint density at radius 2 is 1.58 bits per heavy atom. The fourth-order valence-electron chi connectivity index (χ4n) is 3.30. The molecule has 0 aliphatic rings. The van der Waals surface area contributed by atoms with E-state index in [0.29, 0.717) is 21.3 Å². The molecular weight excluding hydrogens is 461 g/mol. The van der Waals surface area contributed by atoms with E-state index in [2.05, 4.69) is 26.3 Å². The summed E-state index contributed by atoms with van der Waals surface area (Å²) in [4.78, 5) is 26.3. The van der Waals surface area contributed by atoms with Crippen molar-refractivity contribution in [2.75, 3.05) is 5.32 Å². The number of aryl methyl sites for hydroxylation is 1. The van der Waals surface area contributed by atoms with Crippen molar-refractivity contribution in [3.8, 4) is 22.4 Å². The first-order valence-electron chi connectivity index (χ1n) is 9.44. The maximum atomic E-state index is 14.3. The third kappa shape index (κ3) is 4.18. The smallest absolute Gasteiger partial charge is 0.280 e. The number of benzene rings is 3. The summed E-state index contributed by atoms with van der Waals surface area (Å²) in [5, 5.41) is 6.98. The molecule has 0 bridgehead atoms. The van der Waals surface area contributed by atoms with Crippen LogP contribution in [0, 0.1) is 5.82 Å². The van der Waals surface area contributed by atoms with E-state index in [9.17, 15) is 14.0 Å². The highest BCUT2D eigenvalue weighted by Gasteiger charge is 2.25. The van der Waals surface area contributed by atoms with Crippen molar-refractivity contribution in [3.63, 3.8) is 0 Å². The van der Waals surface area contributed by atoms with Crippen LogP contribution >= 0.6 is 15.9 Å². The summed E-state index contributed by atoms with van der Waals surface area (Å²) in [6, 6.07) is 22.7. The number of aromatic nitrogens is 2. The minimum Gasteiger partial charge on any atom is -0.319 e. The lowest BCUT2D eigenvalue weighted by atomic mass is 9.95. The lowest BCUT2D eigenvalue weighted by molar-refractivity contribution is 0.102. The van der Waals surface area contributed by atoms with E-state index in [4.69, 9.17) is 0 Å². The van der Waals surface area contributed by atoms with Gasteiger partial charge in [0.1, 0.15) is 11.4 Å². The van der Waals surface area contributed by atoms with Crippen molar-refractivity contribution >= 4 is 27.5 Å². The quantitative estimate of drug-likeness (QED) is 0.435. The highest BCUT2D eigenvalue weighted by atomic mass is 79.9. The van der Waals surface area contributed by atoms with Crippen LogP contribution in [0.4, 0.5) is 10.1 Å². The number of hydrogen-bond acceptors (Lipinski definition) is 3. The Morgan fingerprint density at radius 3 is 2.19 bits per heavy atom. The van der Waals surface area contributed by atoms with E-state index in [0.717, 1.165) is 10.2 Å². The topological polar surface area (TPSA) is 64.0 Å². The van der Waals surface area contributed by atoms with E-state index >= 15 is 0 Å². The highest BCUT2D eigenvalue weighted by molar-refractivity contribution is 9.10. The zero-order valence-corrected chi connectivity index (χ0v) is 18.1.